The number of anilines is 1. The second kappa shape index (κ2) is 5.79. The van der Waals surface area contributed by atoms with Crippen LogP contribution in [0.2, 0.25) is 0 Å². The first-order valence-electron chi connectivity index (χ1n) is 10.3. The molecule has 0 aromatic heterocycles. The Hall–Kier alpha value is -2.45. The molecule has 152 valence electrons. The highest BCUT2D eigenvalue weighted by atomic mass is 16.9. The molecule has 29 heavy (non-hydrogen) atoms. The van der Waals surface area contributed by atoms with Gasteiger partial charge in [-0.05, 0) is 36.9 Å². The summed E-state index contributed by atoms with van der Waals surface area (Å²) in [7, 11) is 0. The number of hydrogen-bond donors (Lipinski definition) is 1. The molecule has 6 unspecified atom stereocenters. The van der Waals surface area contributed by atoms with E-state index in [1.807, 2.05) is 0 Å². The summed E-state index contributed by atoms with van der Waals surface area (Å²) in [6, 6.07) is 9.64. The zero-order chi connectivity index (χ0) is 19.9. The molecule has 1 N–H and O–H groups in total. The maximum atomic E-state index is 13.2. The van der Waals surface area contributed by atoms with E-state index in [4.69, 9.17) is 20.1 Å². The first-order valence-corrected chi connectivity index (χ1v) is 10.3. The third-order valence-corrected chi connectivity index (χ3v) is 8.22. The van der Waals surface area contributed by atoms with Gasteiger partial charge in [0.05, 0.1) is 25.2 Å². The molecule has 1 aliphatic carbocycles. The Morgan fingerprint density at radius 3 is 2.93 bits per heavy atom. The van der Waals surface area contributed by atoms with Gasteiger partial charge in [-0.3, -0.25) is 9.69 Å². The Kier molecular flexibility index (Phi) is 3.48. The molecule has 1 saturated carbocycles. The molecule has 5 heterocycles. The standard InChI is InChI=1S/C21H22N2O2.HNO3/c24-18-10-16-19-13-9-17-21(6-7-22(17)11-12(13)5-8-25-16)14-3-1-2-4-15(14)23(18)20(19)21;2-1(3)4/h1-5,13,16-17,19-20H,6-11H2;(H,2,3,4). The summed E-state index contributed by atoms with van der Waals surface area (Å²) in [6.07, 6.45) is 5.43. The molecule has 2 bridgehead atoms. The summed E-state index contributed by atoms with van der Waals surface area (Å²) >= 11 is 0. The van der Waals surface area contributed by atoms with Crippen LogP contribution in [0.25, 0.3) is 0 Å². The number of ether oxygens (including phenoxy) is 1. The molecule has 1 aromatic carbocycles. The second-order valence-corrected chi connectivity index (χ2v) is 9.01. The quantitative estimate of drug-likeness (QED) is 0.407. The monoisotopic (exact) mass is 397 g/mol. The minimum atomic E-state index is -1.50. The minimum absolute atomic E-state index is 0.104. The zero-order valence-electron chi connectivity index (χ0n) is 15.9. The summed E-state index contributed by atoms with van der Waals surface area (Å²) in [4.78, 5) is 26.4. The second-order valence-electron chi connectivity index (χ2n) is 9.01. The van der Waals surface area contributed by atoms with E-state index in [1.165, 1.54) is 30.6 Å². The van der Waals surface area contributed by atoms with Crippen molar-refractivity contribution >= 4 is 11.6 Å². The fourth-order valence-corrected chi connectivity index (χ4v) is 7.51. The van der Waals surface area contributed by atoms with Crippen LogP contribution >= 0.6 is 0 Å². The van der Waals surface area contributed by atoms with Crippen LogP contribution in [-0.4, -0.2) is 59.0 Å². The lowest BCUT2D eigenvalue weighted by Crippen LogP contribution is -2.69. The first-order chi connectivity index (χ1) is 14.0. The van der Waals surface area contributed by atoms with Gasteiger partial charge in [0.1, 0.15) is 0 Å². The number of nitrogens with zero attached hydrogens (tertiary/aromatic N) is 3. The number of rotatable bonds is 0. The lowest BCUT2D eigenvalue weighted by molar-refractivity contribution is -0.742. The lowest BCUT2D eigenvalue weighted by Gasteiger charge is -2.58. The summed E-state index contributed by atoms with van der Waals surface area (Å²) < 4.78 is 6.25. The van der Waals surface area contributed by atoms with E-state index in [0.717, 1.165) is 6.54 Å². The maximum Gasteiger partial charge on any atom is 0.291 e. The van der Waals surface area contributed by atoms with E-state index < -0.39 is 5.09 Å². The summed E-state index contributed by atoms with van der Waals surface area (Å²) in [5, 5.41) is 13.6. The molecule has 8 heteroatoms. The molecular formula is C21H23N3O5. The topological polar surface area (TPSA) is 96.2 Å². The highest BCUT2D eigenvalue weighted by molar-refractivity contribution is 5.99. The van der Waals surface area contributed by atoms with Crippen LogP contribution < -0.4 is 4.90 Å². The summed E-state index contributed by atoms with van der Waals surface area (Å²) in [5.74, 6) is 1.35. The molecule has 7 rings (SSSR count). The molecule has 1 amide bonds. The zero-order valence-corrected chi connectivity index (χ0v) is 15.9. The Balaban J connectivity index is 0.000000382. The molecular weight excluding hydrogens is 374 g/mol. The lowest BCUT2D eigenvalue weighted by atomic mass is 9.53. The van der Waals surface area contributed by atoms with Crippen LogP contribution in [0.5, 0.6) is 0 Å². The van der Waals surface area contributed by atoms with Crippen LogP contribution in [-0.2, 0) is 14.9 Å². The van der Waals surface area contributed by atoms with Crippen molar-refractivity contribution in [3.63, 3.8) is 0 Å². The van der Waals surface area contributed by atoms with Gasteiger partial charge in [0, 0.05) is 29.6 Å². The van der Waals surface area contributed by atoms with Crippen molar-refractivity contribution in [3.8, 4) is 0 Å². The van der Waals surface area contributed by atoms with Crippen molar-refractivity contribution in [1.29, 1.82) is 0 Å². The summed E-state index contributed by atoms with van der Waals surface area (Å²) in [5.41, 5.74) is 4.35. The number of amides is 1. The minimum Gasteiger partial charge on any atom is -0.373 e. The largest absolute Gasteiger partial charge is 0.373 e. The van der Waals surface area contributed by atoms with Crippen molar-refractivity contribution in [2.45, 2.75) is 42.9 Å². The van der Waals surface area contributed by atoms with E-state index in [2.05, 4.69) is 40.1 Å². The van der Waals surface area contributed by atoms with Gasteiger partial charge in [-0.2, -0.15) is 0 Å². The number of piperidine rings is 2. The van der Waals surface area contributed by atoms with Gasteiger partial charge < -0.3 is 14.8 Å². The fraction of sp³-hybridized carbons (Fsp3) is 0.571. The molecule has 6 atom stereocenters. The molecule has 0 radical (unpaired) electrons. The normalized spacial score (nSPS) is 40.4. The average Bonchev–Trinajstić information content (AvgIpc) is 3.15. The van der Waals surface area contributed by atoms with Gasteiger partial charge >= 0.3 is 0 Å². The van der Waals surface area contributed by atoms with Crippen LogP contribution in [0, 0.1) is 22.0 Å². The van der Waals surface area contributed by atoms with Gasteiger partial charge in [0.25, 0.3) is 5.09 Å². The average molecular weight is 397 g/mol. The van der Waals surface area contributed by atoms with Gasteiger partial charge in [0.2, 0.25) is 5.91 Å². The van der Waals surface area contributed by atoms with E-state index in [-0.39, 0.29) is 17.4 Å². The molecule has 5 aliphatic heterocycles. The Morgan fingerprint density at radius 2 is 2.10 bits per heavy atom. The first kappa shape index (κ1) is 17.4. The van der Waals surface area contributed by atoms with Gasteiger partial charge in [-0.25, -0.2) is 0 Å². The molecule has 1 aromatic rings. The number of fused-ring (bicyclic) bond motifs is 2. The number of carbonyl (C=O) groups is 1. The molecule has 1 spiro atoms. The fourth-order valence-electron chi connectivity index (χ4n) is 7.51. The smallest absolute Gasteiger partial charge is 0.291 e. The number of benzene rings is 1. The van der Waals surface area contributed by atoms with Gasteiger partial charge in [-0.1, -0.05) is 29.8 Å². The predicted octanol–water partition coefficient (Wildman–Crippen LogP) is 1.74. The van der Waals surface area contributed by atoms with Crippen LogP contribution in [0.15, 0.2) is 35.9 Å². The van der Waals surface area contributed by atoms with E-state index >= 15 is 0 Å². The van der Waals surface area contributed by atoms with E-state index in [9.17, 15) is 4.79 Å². The Morgan fingerprint density at radius 1 is 1.31 bits per heavy atom. The summed E-state index contributed by atoms with van der Waals surface area (Å²) in [6.45, 7) is 2.97. The van der Waals surface area contributed by atoms with Crippen molar-refractivity contribution in [2.75, 3.05) is 24.6 Å². The van der Waals surface area contributed by atoms with Crippen molar-refractivity contribution in [3.05, 3.63) is 51.6 Å². The molecule has 8 nitrogen and oxygen atoms in total. The highest BCUT2D eigenvalue weighted by Crippen LogP contribution is 2.65. The van der Waals surface area contributed by atoms with E-state index in [0.29, 0.717) is 36.9 Å². The van der Waals surface area contributed by atoms with Gasteiger partial charge in [0.15, 0.2) is 0 Å². The number of para-hydroxylation sites is 1. The predicted molar refractivity (Wildman–Crippen MR) is 102 cm³/mol. The van der Waals surface area contributed by atoms with E-state index in [1.54, 1.807) is 5.57 Å². The molecule has 3 saturated heterocycles. The van der Waals surface area contributed by atoms with Gasteiger partial charge in [-0.15, -0.1) is 10.1 Å². The molecule has 4 fully saturated rings. The maximum absolute atomic E-state index is 13.2. The third kappa shape index (κ3) is 2.08. The van der Waals surface area contributed by atoms with Crippen LogP contribution in [0.3, 0.4) is 0 Å². The number of hydrogen-bond acceptors (Lipinski definition) is 5. The SMILES string of the molecule is O=C1CC2OCC=C3CN4CCC56c7ccccc7N1C5C2C3CC46.O=[N+]([O-])O. The molecule has 6 aliphatic rings. The van der Waals surface area contributed by atoms with Crippen molar-refractivity contribution in [1.82, 2.24) is 4.90 Å². The van der Waals surface area contributed by atoms with Crippen molar-refractivity contribution in [2.24, 2.45) is 11.8 Å². The number of carbonyl (C=O) groups excluding carboxylic acids is 1. The Bertz CT molecular complexity index is 944. The van der Waals surface area contributed by atoms with Crippen LogP contribution in [0.1, 0.15) is 24.8 Å². The highest BCUT2D eigenvalue weighted by Gasteiger charge is 2.70. The third-order valence-electron chi connectivity index (χ3n) is 8.22. The Labute approximate surface area is 167 Å². The van der Waals surface area contributed by atoms with Crippen LogP contribution in [0.4, 0.5) is 5.69 Å². The van der Waals surface area contributed by atoms with Crippen molar-refractivity contribution < 1.29 is 19.8 Å².